The molecule has 0 bridgehead atoms. The van der Waals surface area contributed by atoms with Gasteiger partial charge in [-0.05, 0) is 17.5 Å². The number of hydrogen-bond acceptors (Lipinski definition) is 1. The third-order valence-corrected chi connectivity index (χ3v) is 2.52. The van der Waals surface area contributed by atoms with Crippen LogP contribution < -0.4 is 0 Å². The molecule has 0 aliphatic rings. The zero-order valence-corrected chi connectivity index (χ0v) is 9.95. The predicted molar refractivity (Wildman–Crippen MR) is 70.0 cm³/mol. The van der Waals surface area contributed by atoms with E-state index in [4.69, 9.17) is 4.74 Å². The summed E-state index contributed by atoms with van der Waals surface area (Å²) in [5.74, 6) is 0. The van der Waals surface area contributed by atoms with E-state index in [9.17, 15) is 0 Å². The second-order valence-corrected chi connectivity index (χ2v) is 3.91. The topological polar surface area (TPSA) is 9.23 Å². The molecule has 0 fully saturated rings. The highest BCUT2D eigenvalue weighted by Gasteiger charge is 1.93. The van der Waals surface area contributed by atoms with Gasteiger partial charge in [-0.15, -0.1) is 0 Å². The van der Waals surface area contributed by atoms with Crippen LogP contribution in [0, 0.1) is 6.92 Å². The SMILES string of the molecule is [CH2]CCCCCOCc1ccc(C=C)cc1. The van der Waals surface area contributed by atoms with E-state index in [-0.39, 0.29) is 0 Å². The summed E-state index contributed by atoms with van der Waals surface area (Å²) in [5.41, 5.74) is 2.38. The Morgan fingerprint density at radius 3 is 2.44 bits per heavy atom. The lowest BCUT2D eigenvalue weighted by Gasteiger charge is -2.04. The van der Waals surface area contributed by atoms with E-state index in [2.05, 4.69) is 37.8 Å². The van der Waals surface area contributed by atoms with Gasteiger partial charge in [0.15, 0.2) is 0 Å². The molecular formula is C15H21O. The Kier molecular flexibility index (Phi) is 6.59. The first-order chi connectivity index (χ1) is 7.86. The van der Waals surface area contributed by atoms with Crippen LogP contribution in [-0.2, 0) is 11.3 Å². The molecule has 0 heterocycles. The van der Waals surface area contributed by atoms with Crippen LogP contribution >= 0.6 is 0 Å². The van der Waals surface area contributed by atoms with Gasteiger partial charge >= 0.3 is 0 Å². The molecule has 0 aliphatic heterocycles. The lowest BCUT2D eigenvalue weighted by Crippen LogP contribution is -1.95. The van der Waals surface area contributed by atoms with Crippen molar-refractivity contribution in [1.82, 2.24) is 0 Å². The van der Waals surface area contributed by atoms with Gasteiger partial charge in [0.1, 0.15) is 0 Å². The molecule has 0 aliphatic carbocycles. The Hall–Kier alpha value is -1.08. The van der Waals surface area contributed by atoms with Gasteiger partial charge in [0.05, 0.1) is 6.61 Å². The van der Waals surface area contributed by atoms with E-state index < -0.39 is 0 Å². The Labute approximate surface area is 99.1 Å². The molecule has 0 atom stereocenters. The number of ether oxygens (including phenoxy) is 1. The molecule has 0 aromatic heterocycles. The molecule has 0 spiro atoms. The molecule has 1 rings (SSSR count). The van der Waals surface area contributed by atoms with Crippen LogP contribution in [0.2, 0.25) is 0 Å². The number of unbranched alkanes of at least 4 members (excludes halogenated alkanes) is 3. The van der Waals surface area contributed by atoms with Crippen LogP contribution in [0.15, 0.2) is 30.8 Å². The van der Waals surface area contributed by atoms with Gasteiger partial charge in [-0.25, -0.2) is 0 Å². The standard InChI is InChI=1S/C15H21O/c1-3-5-6-7-12-16-13-15-10-8-14(4-2)9-11-15/h4,8-11H,1-3,5-7,12-13H2. The van der Waals surface area contributed by atoms with E-state index in [1.54, 1.807) is 0 Å². The van der Waals surface area contributed by atoms with Crippen molar-refractivity contribution in [3.05, 3.63) is 48.9 Å². The van der Waals surface area contributed by atoms with Gasteiger partial charge in [-0.3, -0.25) is 0 Å². The van der Waals surface area contributed by atoms with Crippen molar-refractivity contribution >= 4 is 6.08 Å². The first kappa shape index (κ1) is 13.0. The third kappa shape index (κ3) is 5.13. The van der Waals surface area contributed by atoms with Gasteiger partial charge < -0.3 is 4.74 Å². The van der Waals surface area contributed by atoms with Crippen molar-refractivity contribution in [2.24, 2.45) is 0 Å². The smallest absolute Gasteiger partial charge is 0.0716 e. The second kappa shape index (κ2) is 8.12. The fourth-order valence-electron chi connectivity index (χ4n) is 1.50. The first-order valence-electron chi connectivity index (χ1n) is 5.95. The maximum atomic E-state index is 5.59. The van der Waals surface area contributed by atoms with Crippen molar-refractivity contribution in [3.63, 3.8) is 0 Å². The maximum absolute atomic E-state index is 5.59. The molecule has 1 radical (unpaired) electrons. The van der Waals surface area contributed by atoms with Gasteiger partial charge in [-0.2, -0.15) is 0 Å². The molecule has 16 heavy (non-hydrogen) atoms. The zero-order valence-electron chi connectivity index (χ0n) is 9.95. The van der Waals surface area contributed by atoms with E-state index in [0.29, 0.717) is 6.61 Å². The fraction of sp³-hybridized carbons (Fsp3) is 0.400. The fourth-order valence-corrected chi connectivity index (χ4v) is 1.50. The first-order valence-corrected chi connectivity index (χ1v) is 5.95. The Bertz CT molecular complexity index is 287. The highest BCUT2D eigenvalue weighted by Crippen LogP contribution is 2.07. The summed E-state index contributed by atoms with van der Waals surface area (Å²) in [7, 11) is 0. The highest BCUT2D eigenvalue weighted by molar-refractivity contribution is 5.47. The van der Waals surface area contributed by atoms with Crippen LogP contribution in [0.3, 0.4) is 0 Å². The van der Waals surface area contributed by atoms with E-state index >= 15 is 0 Å². The molecule has 0 amide bonds. The molecule has 1 nitrogen and oxygen atoms in total. The van der Waals surface area contributed by atoms with Gasteiger partial charge in [0.2, 0.25) is 0 Å². The van der Waals surface area contributed by atoms with Crippen molar-refractivity contribution in [1.29, 1.82) is 0 Å². The van der Waals surface area contributed by atoms with Crippen molar-refractivity contribution in [3.8, 4) is 0 Å². The minimum atomic E-state index is 0.710. The van der Waals surface area contributed by atoms with Gasteiger partial charge in [0, 0.05) is 6.61 Å². The summed E-state index contributed by atoms with van der Waals surface area (Å²) < 4.78 is 5.59. The zero-order chi connectivity index (χ0) is 11.6. The largest absolute Gasteiger partial charge is 0.377 e. The lowest BCUT2D eigenvalue weighted by atomic mass is 10.1. The lowest BCUT2D eigenvalue weighted by molar-refractivity contribution is 0.117. The molecule has 0 N–H and O–H groups in total. The quantitative estimate of drug-likeness (QED) is 0.592. The van der Waals surface area contributed by atoms with E-state index in [1.807, 2.05) is 6.08 Å². The molecule has 1 aromatic rings. The minimum absolute atomic E-state index is 0.710. The maximum Gasteiger partial charge on any atom is 0.0716 e. The monoisotopic (exact) mass is 217 g/mol. The normalized spacial score (nSPS) is 10.3. The summed E-state index contributed by atoms with van der Waals surface area (Å²) in [6.07, 6.45) is 6.45. The average molecular weight is 217 g/mol. The summed E-state index contributed by atoms with van der Waals surface area (Å²) in [5, 5.41) is 0. The van der Waals surface area contributed by atoms with Gasteiger partial charge in [-0.1, -0.05) is 63.1 Å². The summed E-state index contributed by atoms with van der Waals surface area (Å²) in [4.78, 5) is 0. The number of hydrogen-bond donors (Lipinski definition) is 0. The molecule has 0 unspecified atom stereocenters. The predicted octanol–water partition coefficient (Wildman–Crippen LogP) is 4.24. The highest BCUT2D eigenvalue weighted by atomic mass is 16.5. The average Bonchev–Trinajstić information content (AvgIpc) is 2.34. The third-order valence-electron chi connectivity index (χ3n) is 2.52. The molecule has 0 saturated carbocycles. The van der Waals surface area contributed by atoms with Crippen LogP contribution in [0.1, 0.15) is 36.8 Å². The molecular weight excluding hydrogens is 196 g/mol. The van der Waals surface area contributed by atoms with Crippen molar-refractivity contribution < 1.29 is 4.74 Å². The summed E-state index contributed by atoms with van der Waals surface area (Å²) in [6.45, 7) is 9.11. The van der Waals surface area contributed by atoms with Crippen molar-refractivity contribution in [2.45, 2.75) is 32.3 Å². The Morgan fingerprint density at radius 1 is 1.06 bits per heavy atom. The van der Waals surface area contributed by atoms with Crippen LogP contribution in [0.5, 0.6) is 0 Å². The molecule has 1 heteroatoms. The summed E-state index contributed by atoms with van der Waals surface area (Å²) >= 11 is 0. The molecule has 0 saturated heterocycles. The number of benzene rings is 1. The summed E-state index contributed by atoms with van der Waals surface area (Å²) in [6, 6.07) is 8.31. The van der Waals surface area contributed by atoms with Gasteiger partial charge in [0.25, 0.3) is 0 Å². The molecule has 87 valence electrons. The van der Waals surface area contributed by atoms with Crippen LogP contribution in [0.25, 0.3) is 6.08 Å². The van der Waals surface area contributed by atoms with Crippen LogP contribution in [0.4, 0.5) is 0 Å². The van der Waals surface area contributed by atoms with E-state index in [1.165, 1.54) is 18.4 Å². The second-order valence-electron chi connectivity index (χ2n) is 3.91. The molecule has 1 aromatic carbocycles. The minimum Gasteiger partial charge on any atom is -0.377 e. The van der Waals surface area contributed by atoms with Crippen LogP contribution in [-0.4, -0.2) is 6.61 Å². The van der Waals surface area contributed by atoms with Crippen molar-refractivity contribution in [2.75, 3.05) is 6.61 Å². The number of rotatable bonds is 8. The Morgan fingerprint density at radius 2 is 1.81 bits per heavy atom. The van der Waals surface area contributed by atoms with E-state index in [0.717, 1.165) is 25.0 Å². The Balaban J connectivity index is 2.14.